The molecule has 0 radical (unpaired) electrons. The molecule has 0 N–H and O–H groups in total. The number of hydrogen-bond acceptors (Lipinski definition) is 2. The average Bonchev–Trinajstić information content (AvgIpc) is 2.37. The van der Waals surface area contributed by atoms with Crippen molar-refractivity contribution >= 4 is 0 Å². The molecule has 2 nitrogen and oxygen atoms in total. The second-order valence-corrected chi connectivity index (χ2v) is 4.35. The maximum absolute atomic E-state index is 13.4. The number of benzene rings is 1. The number of ether oxygens (including phenoxy) is 1. The van der Waals surface area contributed by atoms with Crippen LogP contribution in [0, 0.1) is 18.6 Å². The Morgan fingerprint density at radius 1 is 1.21 bits per heavy atom. The van der Waals surface area contributed by atoms with Crippen molar-refractivity contribution < 1.29 is 13.5 Å². The lowest BCUT2D eigenvalue weighted by Crippen LogP contribution is -1.97. The van der Waals surface area contributed by atoms with E-state index in [-0.39, 0.29) is 5.88 Å². The summed E-state index contributed by atoms with van der Waals surface area (Å²) >= 11 is 0. The molecule has 2 rings (SSSR count). The van der Waals surface area contributed by atoms with Gasteiger partial charge in [-0.25, -0.2) is 13.8 Å². The van der Waals surface area contributed by atoms with Crippen molar-refractivity contribution in [1.82, 2.24) is 4.98 Å². The molecule has 0 saturated carbocycles. The van der Waals surface area contributed by atoms with Gasteiger partial charge in [-0.3, -0.25) is 0 Å². The molecule has 0 unspecified atom stereocenters. The number of aryl methyl sites for hydroxylation is 2. The summed E-state index contributed by atoms with van der Waals surface area (Å²) in [5.41, 5.74) is 2.12. The van der Waals surface area contributed by atoms with E-state index in [1.165, 1.54) is 6.07 Å². The molecule has 0 bridgehead atoms. The van der Waals surface area contributed by atoms with Gasteiger partial charge in [-0.05, 0) is 36.6 Å². The van der Waals surface area contributed by atoms with Gasteiger partial charge in [0.1, 0.15) is 0 Å². The molecule has 0 saturated heterocycles. The molecule has 2 aromatic rings. The van der Waals surface area contributed by atoms with E-state index in [4.69, 9.17) is 4.74 Å². The van der Waals surface area contributed by atoms with Crippen LogP contribution in [0.4, 0.5) is 8.78 Å². The van der Waals surface area contributed by atoms with E-state index in [0.717, 1.165) is 36.1 Å². The maximum Gasteiger partial charge on any atom is 0.219 e. The fraction of sp³-hybridized carbons (Fsp3) is 0.267. The molecule has 1 aromatic carbocycles. The van der Waals surface area contributed by atoms with Crippen molar-refractivity contribution in [2.75, 3.05) is 0 Å². The largest absolute Gasteiger partial charge is 0.433 e. The van der Waals surface area contributed by atoms with Crippen LogP contribution in [-0.2, 0) is 6.42 Å². The molecule has 0 spiro atoms. The predicted octanol–water partition coefficient (Wildman–Crippen LogP) is 4.41. The first-order chi connectivity index (χ1) is 9.11. The van der Waals surface area contributed by atoms with Crippen molar-refractivity contribution in [3.8, 4) is 11.6 Å². The van der Waals surface area contributed by atoms with Crippen LogP contribution in [0.2, 0.25) is 0 Å². The van der Waals surface area contributed by atoms with E-state index >= 15 is 0 Å². The van der Waals surface area contributed by atoms with Gasteiger partial charge in [0.05, 0.1) is 0 Å². The fourth-order valence-corrected chi connectivity index (χ4v) is 1.83. The minimum atomic E-state index is -0.739. The summed E-state index contributed by atoms with van der Waals surface area (Å²) in [6.07, 6.45) is 3.63. The first kappa shape index (κ1) is 13.5. The highest BCUT2D eigenvalue weighted by Crippen LogP contribution is 2.27. The Morgan fingerprint density at radius 2 is 1.89 bits per heavy atom. The van der Waals surface area contributed by atoms with Gasteiger partial charge in [0, 0.05) is 12.3 Å². The molecule has 0 atom stereocenters. The molecular formula is C15H15F2NO. The quantitative estimate of drug-likeness (QED) is 0.815. The molecule has 0 fully saturated rings. The number of nitrogens with zero attached hydrogens (tertiary/aromatic N) is 1. The van der Waals surface area contributed by atoms with Gasteiger partial charge in [-0.2, -0.15) is 0 Å². The van der Waals surface area contributed by atoms with E-state index in [9.17, 15) is 8.78 Å². The summed E-state index contributed by atoms with van der Waals surface area (Å²) in [6, 6.07) is 5.28. The number of hydrogen-bond donors (Lipinski definition) is 0. The van der Waals surface area contributed by atoms with Crippen LogP contribution in [0.5, 0.6) is 11.6 Å². The topological polar surface area (TPSA) is 22.1 Å². The number of para-hydroxylation sites is 1. The van der Waals surface area contributed by atoms with E-state index in [0.29, 0.717) is 0 Å². The molecule has 1 aromatic heterocycles. The summed E-state index contributed by atoms with van der Waals surface area (Å²) in [6.45, 7) is 4.01. The van der Waals surface area contributed by atoms with Crippen molar-refractivity contribution in [1.29, 1.82) is 0 Å². The van der Waals surface area contributed by atoms with Crippen molar-refractivity contribution in [3.05, 3.63) is 53.2 Å². The summed E-state index contributed by atoms with van der Waals surface area (Å²) in [5, 5.41) is 0. The zero-order chi connectivity index (χ0) is 13.8. The van der Waals surface area contributed by atoms with Gasteiger partial charge in [-0.1, -0.05) is 19.4 Å². The Morgan fingerprint density at radius 3 is 2.47 bits per heavy atom. The van der Waals surface area contributed by atoms with Crippen LogP contribution in [-0.4, -0.2) is 4.98 Å². The van der Waals surface area contributed by atoms with E-state index in [1.54, 1.807) is 12.3 Å². The van der Waals surface area contributed by atoms with Gasteiger partial charge in [-0.15, -0.1) is 0 Å². The van der Waals surface area contributed by atoms with E-state index in [2.05, 4.69) is 11.9 Å². The molecule has 100 valence electrons. The Kier molecular flexibility index (Phi) is 4.10. The van der Waals surface area contributed by atoms with Crippen LogP contribution in [0.1, 0.15) is 24.5 Å². The van der Waals surface area contributed by atoms with Crippen molar-refractivity contribution in [2.24, 2.45) is 0 Å². The standard InChI is InChI=1S/C15H15F2NO/c1-3-5-11-9-18-14(8-10(11)2)19-15-12(16)6-4-7-13(15)17/h4,6-9H,3,5H2,1-2H3. The zero-order valence-corrected chi connectivity index (χ0v) is 10.9. The normalized spacial score (nSPS) is 10.5. The Labute approximate surface area is 111 Å². The van der Waals surface area contributed by atoms with Gasteiger partial charge in [0.25, 0.3) is 0 Å². The van der Waals surface area contributed by atoms with Crippen molar-refractivity contribution in [2.45, 2.75) is 26.7 Å². The third-order valence-electron chi connectivity index (χ3n) is 2.84. The van der Waals surface area contributed by atoms with Crippen molar-refractivity contribution in [3.63, 3.8) is 0 Å². The number of aromatic nitrogens is 1. The third-order valence-corrected chi connectivity index (χ3v) is 2.84. The zero-order valence-electron chi connectivity index (χ0n) is 10.9. The van der Waals surface area contributed by atoms with E-state index < -0.39 is 17.4 Å². The first-order valence-corrected chi connectivity index (χ1v) is 6.19. The van der Waals surface area contributed by atoms with Gasteiger partial charge in [0.15, 0.2) is 11.6 Å². The highest BCUT2D eigenvalue weighted by atomic mass is 19.1. The molecule has 4 heteroatoms. The van der Waals surface area contributed by atoms with Crippen LogP contribution in [0.3, 0.4) is 0 Å². The van der Waals surface area contributed by atoms with Crippen LogP contribution in [0.25, 0.3) is 0 Å². The average molecular weight is 263 g/mol. The molecule has 0 amide bonds. The summed E-state index contributed by atoms with van der Waals surface area (Å²) in [7, 11) is 0. The van der Waals surface area contributed by atoms with E-state index in [1.807, 2.05) is 6.92 Å². The van der Waals surface area contributed by atoms with Crippen LogP contribution in [0.15, 0.2) is 30.5 Å². The predicted molar refractivity (Wildman–Crippen MR) is 69.4 cm³/mol. The minimum Gasteiger partial charge on any atom is -0.433 e. The second-order valence-electron chi connectivity index (χ2n) is 4.35. The fourth-order valence-electron chi connectivity index (χ4n) is 1.83. The van der Waals surface area contributed by atoms with Gasteiger partial charge in [0.2, 0.25) is 11.6 Å². The smallest absolute Gasteiger partial charge is 0.219 e. The van der Waals surface area contributed by atoms with Crippen LogP contribution < -0.4 is 4.74 Å². The lowest BCUT2D eigenvalue weighted by Gasteiger charge is -2.09. The number of rotatable bonds is 4. The highest BCUT2D eigenvalue weighted by molar-refractivity contribution is 5.33. The molecule has 19 heavy (non-hydrogen) atoms. The first-order valence-electron chi connectivity index (χ1n) is 6.19. The van der Waals surface area contributed by atoms with Gasteiger partial charge >= 0.3 is 0 Å². The summed E-state index contributed by atoms with van der Waals surface area (Å²) in [4.78, 5) is 4.08. The number of pyridine rings is 1. The maximum atomic E-state index is 13.4. The third kappa shape index (κ3) is 3.08. The van der Waals surface area contributed by atoms with Gasteiger partial charge < -0.3 is 4.74 Å². The lowest BCUT2D eigenvalue weighted by atomic mass is 10.1. The highest BCUT2D eigenvalue weighted by Gasteiger charge is 2.12. The molecule has 1 heterocycles. The lowest BCUT2D eigenvalue weighted by molar-refractivity contribution is 0.395. The monoisotopic (exact) mass is 263 g/mol. The molecule has 0 aliphatic heterocycles. The molecule has 0 aliphatic rings. The second kappa shape index (κ2) is 5.78. The number of halogens is 2. The summed E-state index contributed by atoms with van der Waals surface area (Å²) < 4.78 is 32.1. The molecular weight excluding hydrogens is 248 g/mol. The minimum absolute atomic E-state index is 0.196. The summed E-state index contributed by atoms with van der Waals surface area (Å²) in [5.74, 6) is -1.70. The van der Waals surface area contributed by atoms with Crippen LogP contribution >= 0.6 is 0 Å². The Bertz CT molecular complexity index is 564. The Hall–Kier alpha value is -1.97. The SMILES string of the molecule is CCCc1cnc(Oc2c(F)cccc2F)cc1C. The molecule has 0 aliphatic carbocycles. The Balaban J connectivity index is 2.27.